The molecule has 246 valence electrons. The minimum Gasteiger partial charge on any atom is -0.493 e. The molecule has 2 heterocycles. The summed E-state index contributed by atoms with van der Waals surface area (Å²) in [6.07, 6.45) is 2.21. The standard InChI is InChI=1S/C33H41F3N8O2/c1-4-21-16-22(17-23-19-39-32(42-31(21)23)40-25-9-7-24(37)8-10-25)27-18-29(43-44(27)3)41-30(45)15-20-6-11-28(46-13-5-12-38-2)26(14-20)33(34,35)36/h6,11,14,16-19,24-25,38H,4-5,7-10,12-13,15,37H2,1-3H3,(H,39,40,42)(H,41,43,45). The number of amides is 1. The minimum absolute atomic E-state index is 0.143. The Morgan fingerprint density at radius 3 is 2.63 bits per heavy atom. The van der Waals surface area contributed by atoms with Gasteiger partial charge >= 0.3 is 6.18 Å². The van der Waals surface area contributed by atoms with E-state index in [1.807, 2.05) is 12.3 Å². The van der Waals surface area contributed by atoms with E-state index >= 15 is 0 Å². The first kappa shape index (κ1) is 33.1. The molecule has 0 unspecified atom stereocenters. The number of benzene rings is 2. The average molecular weight is 639 g/mol. The van der Waals surface area contributed by atoms with Gasteiger partial charge in [-0.2, -0.15) is 18.3 Å². The molecule has 46 heavy (non-hydrogen) atoms. The van der Waals surface area contributed by atoms with Crippen molar-refractivity contribution >= 4 is 28.6 Å². The smallest absolute Gasteiger partial charge is 0.419 e. The number of alkyl halides is 3. The summed E-state index contributed by atoms with van der Waals surface area (Å²) in [4.78, 5) is 22.3. The SMILES string of the molecule is CCc1cc(-c2cc(NC(=O)Cc3ccc(OCCCNC)c(C(F)(F)F)c3)nn2C)cc2cnc(NC3CCC(N)CC3)nc12. The number of halogens is 3. The van der Waals surface area contributed by atoms with E-state index in [-0.39, 0.29) is 30.4 Å². The number of aryl methyl sites for hydroxylation is 2. The van der Waals surface area contributed by atoms with Crippen molar-refractivity contribution in [1.29, 1.82) is 0 Å². The van der Waals surface area contributed by atoms with Crippen molar-refractivity contribution in [2.75, 3.05) is 30.8 Å². The lowest BCUT2D eigenvalue weighted by Gasteiger charge is -2.26. The fourth-order valence-corrected chi connectivity index (χ4v) is 5.79. The van der Waals surface area contributed by atoms with Crippen molar-refractivity contribution in [3.8, 4) is 17.0 Å². The molecule has 4 aromatic rings. The van der Waals surface area contributed by atoms with Gasteiger partial charge in [-0.1, -0.05) is 13.0 Å². The predicted molar refractivity (Wildman–Crippen MR) is 173 cm³/mol. The third-order valence-corrected chi connectivity index (χ3v) is 8.23. The summed E-state index contributed by atoms with van der Waals surface area (Å²) in [5, 5.41) is 14.4. The van der Waals surface area contributed by atoms with Crippen molar-refractivity contribution in [3.05, 3.63) is 59.3 Å². The van der Waals surface area contributed by atoms with Crippen molar-refractivity contribution in [3.63, 3.8) is 0 Å². The van der Waals surface area contributed by atoms with Crippen LogP contribution in [-0.4, -0.2) is 57.9 Å². The predicted octanol–water partition coefficient (Wildman–Crippen LogP) is 5.46. The highest BCUT2D eigenvalue weighted by molar-refractivity contribution is 5.92. The second-order valence-corrected chi connectivity index (χ2v) is 11.8. The number of nitrogens with zero attached hydrogens (tertiary/aromatic N) is 4. The Morgan fingerprint density at radius 2 is 1.91 bits per heavy atom. The molecule has 0 radical (unpaired) electrons. The molecular weight excluding hydrogens is 597 g/mol. The summed E-state index contributed by atoms with van der Waals surface area (Å²) in [7, 11) is 3.53. The molecule has 0 saturated heterocycles. The Bertz CT molecular complexity index is 1660. The molecule has 5 rings (SSSR count). The van der Waals surface area contributed by atoms with Crippen LogP contribution in [0, 0.1) is 0 Å². The molecule has 2 aromatic heterocycles. The Balaban J connectivity index is 1.29. The molecule has 0 bridgehead atoms. The van der Waals surface area contributed by atoms with E-state index < -0.39 is 17.6 Å². The fourth-order valence-electron chi connectivity index (χ4n) is 5.79. The highest BCUT2D eigenvalue weighted by Gasteiger charge is 2.35. The van der Waals surface area contributed by atoms with Crippen LogP contribution in [0.1, 0.15) is 55.7 Å². The molecule has 1 aliphatic rings. The molecule has 0 atom stereocenters. The molecule has 2 aromatic carbocycles. The maximum absolute atomic E-state index is 13.8. The number of carbonyl (C=O) groups is 1. The normalized spacial score (nSPS) is 16.8. The number of ether oxygens (including phenoxy) is 1. The van der Waals surface area contributed by atoms with Crippen molar-refractivity contribution < 1.29 is 22.7 Å². The number of carbonyl (C=O) groups excluding carboxylic acids is 1. The zero-order chi connectivity index (χ0) is 32.8. The number of aromatic nitrogens is 4. The number of nitrogens with one attached hydrogen (secondary N) is 3. The van der Waals surface area contributed by atoms with Gasteiger partial charge in [0.25, 0.3) is 0 Å². The van der Waals surface area contributed by atoms with Crippen molar-refractivity contribution in [1.82, 2.24) is 25.1 Å². The molecule has 0 spiro atoms. The van der Waals surface area contributed by atoms with Crippen molar-refractivity contribution in [2.45, 2.75) is 70.1 Å². The quantitative estimate of drug-likeness (QED) is 0.151. The summed E-state index contributed by atoms with van der Waals surface area (Å²) < 4.78 is 48.3. The fraction of sp³-hybridized carbons (Fsp3) is 0.455. The Morgan fingerprint density at radius 1 is 1.13 bits per heavy atom. The zero-order valence-corrected chi connectivity index (χ0v) is 26.4. The number of nitrogens with two attached hydrogens (primary N) is 1. The van der Waals surface area contributed by atoms with Crippen LogP contribution in [0.15, 0.2) is 42.6 Å². The van der Waals surface area contributed by atoms with Gasteiger partial charge in [0, 0.05) is 42.3 Å². The van der Waals surface area contributed by atoms with Gasteiger partial charge in [0.15, 0.2) is 5.82 Å². The highest BCUT2D eigenvalue weighted by Crippen LogP contribution is 2.37. The summed E-state index contributed by atoms with van der Waals surface area (Å²) in [5.41, 5.74) is 8.91. The third kappa shape index (κ3) is 8.13. The van der Waals surface area contributed by atoms with E-state index in [2.05, 4.69) is 39.0 Å². The van der Waals surface area contributed by atoms with Gasteiger partial charge in [0.1, 0.15) is 5.75 Å². The summed E-state index contributed by atoms with van der Waals surface area (Å²) in [6, 6.07) is 10.1. The van der Waals surface area contributed by atoms with Crippen LogP contribution >= 0.6 is 0 Å². The van der Waals surface area contributed by atoms with Gasteiger partial charge in [-0.3, -0.25) is 9.48 Å². The number of anilines is 2. The van der Waals surface area contributed by atoms with E-state index in [1.165, 1.54) is 12.1 Å². The van der Waals surface area contributed by atoms with Gasteiger partial charge in [0.05, 0.1) is 29.8 Å². The van der Waals surface area contributed by atoms with E-state index in [9.17, 15) is 18.0 Å². The van der Waals surface area contributed by atoms with E-state index in [1.54, 1.807) is 24.8 Å². The van der Waals surface area contributed by atoms with Crippen LogP contribution in [0.5, 0.6) is 5.75 Å². The average Bonchev–Trinajstić information content (AvgIpc) is 3.39. The summed E-state index contributed by atoms with van der Waals surface area (Å²) in [6.45, 7) is 2.83. The Kier molecular flexibility index (Phi) is 10.4. The maximum atomic E-state index is 13.8. The lowest BCUT2D eigenvalue weighted by atomic mass is 9.92. The zero-order valence-electron chi connectivity index (χ0n) is 26.4. The van der Waals surface area contributed by atoms with Gasteiger partial charge in [-0.05, 0) is 87.5 Å². The maximum Gasteiger partial charge on any atom is 0.419 e. The molecule has 5 N–H and O–H groups in total. The van der Waals surface area contributed by atoms with Crippen LogP contribution in [0.3, 0.4) is 0 Å². The van der Waals surface area contributed by atoms with Gasteiger partial charge in [-0.15, -0.1) is 0 Å². The van der Waals surface area contributed by atoms with Crippen LogP contribution < -0.4 is 26.4 Å². The largest absolute Gasteiger partial charge is 0.493 e. The van der Waals surface area contributed by atoms with E-state index in [0.717, 1.165) is 65.9 Å². The number of fused-ring (bicyclic) bond motifs is 1. The van der Waals surface area contributed by atoms with Crippen LogP contribution in [0.25, 0.3) is 22.2 Å². The third-order valence-electron chi connectivity index (χ3n) is 8.23. The molecular formula is C33H41F3N8O2. The minimum atomic E-state index is -4.62. The molecule has 1 aliphatic carbocycles. The highest BCUT2D eigenvalue weighted by atomic mass is 19.4. The summed E-state index contributed by atoms with van der Waals surface area (Å²) >= 11 is 0. The van der Waals surface area contributed by atoms with Crippen LogP contribution in [0.4, 0.5) is 24.9 Å². The first-order chi connectivity index (χ1) is 22.0. The lowest BCUT2D eigenvalue weighted by molar-refractivity contribution is -0.139. The van der Waals surface area contributed by atoms with Crippen LogP contribution in [0.2, 0.25) is 0 Å². The number of rotatable bonds is 12. The number of hydrogen-bond donors (Lipinski definition) is 4. The lowest BCUT2D eigenvalue weighted by Crippen LogP contribution is -2.33. The van der Waals surface area contributed by atoms with E-state index in [0.29, 0.717) is 30.8 Å². The van der Waals surface area contributed by atoms with Gasteiger partial charge < -0.3 is 26.4 Å². The Labute approximate surface area is 266 Å². The van der Waals surface area contributed by atoms with Crippen LogP contribution in [-0.2, 0) is 30.9 Å². The van der Waals surface area contributed by atoms with Gasteiger partial charge in [0.2, 0.25) is 11.9 Å². The molecule has 1 saturated carbocycles. The number of hydrogen-bond acceptors (Lipinski definition) is 8. The molecule has 13 heteroatoms. The molecule has 10 nitrogen and oxygen atoms in total. The first-order valence-electron chi connectivity index (χ1n) is 15.7. The monoisotopic (exact) mass is 638 g/mol. The summed E-state index contributed by atoms with van der Waals surface area (Å²) in [5.74, 6) is 0.164. The second-order valence-electron chi connectivity index (χ2n) is 11.8. The molecule has 1 fully saturated rings. The first-order valence-corrected chi connectivity index (χ1v) is 15.7. The second kappa shape index (κ2) is 14.5. The Hall–Kier alpha value is -4.23. The molecule has 1 amide bonds. The van der Waals surface area contributed by atoms with E-state index in [4.69, 9.17) is 15.5 Å². The molecule has 0 aliphatic heterocycles. The van der Waals surface area contributed by atoms with Crippen molar-refractivity contribution in [2.24, 2.45) is 12.8 Å². The van der Waals surface area contributed by atoms with Gasteiger partial charge in [-0.25, -0.2) is 9.97 Å². The topological polar surface area (TPSA) is 132 Å².